The quantitative estimate of drug-likeness (QED) is 0.587. The van der Waals surface area contributed by atoms with Crippen molar-refractivity contribution in [3.63, 3.8) is 0 Å². The Balaban J connectivity index is 2.08. The third-order valence-electron chi connectivity index (χ3n) is 4.12. The van der Waals surface area contributed by atoms with Crippen LogP contribution in [0.25, 0.3) is 0 Å². The number of nitro benzene ring substituents is 1. The maximum atomic E-state index is 12.5. The van der Waals surface area contributed by atoms with E-state index >= 15 is 0 Å². The third kappa shape index (κ3) is 4.24. The number of anilines is 1. The van der Waals surface area contributed by atoms with Gasteiger partial charge in [-0.15, -0.1) is 0 Å². The number of nitrogens with zero attached hydrogens (tertiary/aromatic N) is 2. The Morgan fingerprint density at radius 2 is 2.20 bits per heavy atom. The predicted molar refractivity (Wildman–Crippen MR) is 89.4 cm³/mol. The summed E-state index contributed by atoms with van der Waals surface area (Å²) in [4.78, 5) is 36.4. The molecule has 2 atom stereocenters. The summed E-state index contributed by atoms with van der Waals surface area (Å²) in [6.07, 6.45) is 0.120. The summed E-state index contributed by atoms with van der Waals surface area (Å²) in [7, 11) is 2.92. The zero-order chi connectivity index (χ0) is 18.6. The lowest BCUT2D eigenvalue weighted by Gasteiger charge is -2.24. The van der Waals surface area contributed by atoms with Crippen LogP contribution in [0.2, 0.25) is 0 Å². The molecule has 1 aromatic rings. The standard InChI is InChI=1S/C16H21N3O6/c1-10(9-24-2)18-8-11(6-15(18)20)16(21)17-13-5-4-12(19(22)23)7-14(13)25-3/h4-5,7,10-11H,6,8-9H2,1-3H3,(H,17,21)/t10-,11+/m0/s1. The zero-order valence-corrected chi connectivity index (χ0v) is 14.4. The van der Waals surface area contributed by atoms with E-state index in [2.05, 4.69) is 5.32 Å². The van der Waals surface area contributed by atoms with Crippen molar-refractivity contribution in [3.05, 3.63) is 28.3 Å². The number of amides is 2. The van der Waals surface area contributed by atoms with Crippen LogP contribution in [0.3, 0.4) is 0 Å². The molecule has 0 aromatic heterocycles. The smallest absolute Gasteiger partial charge is 0.273 e. The van der Waals surface area contributed by atoms with Crippen LogP contribution in [0.1, 0.15) is 13.3 Å². The second-order valence-corrected chi connectivity index (χ2v) is 5.88. The molecule has 2 rings (SSSR count). The van der Waals surface area contributed by atoms with Crippen LogP contribution >= 0.6 is 0 Å². The molecule has 0 spiro atoms. The SMILES string of the molecule is COC[C@H](C)N1C[C@H](C(=O)Nc2ccc([N+](=O)[O-])cc2OC)CC1=O. The van der Waals surface area contributed by atoms with E-state index in [4.69, 9.17) is 9.47 Å². The van der Waals surface area contributed by atoms with Crippen molar-refractivity contribution < 1.29 is 24.0 Å². The van der Waals surface area contributed by atoms with Crippen molar-refractivity contribution in [2.45, 2.75) is 19.4 Å². The Bertz CT molecular complexity index is 678. The molecule has 1 heterocycles. The van der Waals surface area contributed by atoms with Gasteiger partial charge in [-0.1, -0.05) is 0 Å². The van der Waals surface area contributed by atoms with Crippen LogP contribution in [0.5, 0.6) is 5.75 Å². The van der Waals surface area contributed by atoms with Gasteiger partial charge in [-0.25, -0.2) is 0 Å². The van der Waals surface area contributed by atoms with Gasteiger partial charge in [0, 0.05) is 26.1 Å². The molecule has 9 heteroatoms. The molecule has 0 unspecified atom stereocenters. The highest BCUT2D eigenvalue weighted by Crippen LogP contribution is 2.30. The van der Waals surface area contributed by atoms with Gasteiger partial charge in [0.25, 0.3) is 5.69 Å². The number of methoxy groups -OCH3 is 2. The average molecular weight is 351 g/mol. The lowest BCUT2D eigenvalue weighted by atomic mass is 10.1. The largest absolute Gasteiger partial charge is 0.494 e. The minimum absolute atomic E-state index is 0.0969. The fourth-order valence-corrected chi connectivity index (χ4v) is 2.80. The highest BCUT2D eigenvalue weighted by molar-refractivity contribution is 5.98. The summed E-state index contributed by atoms with van der Waals surface area (Å²) in [5, 5.41) is 13.5. The van der Waals surface area contributed by atoms with E-state index in [0.717, 1.165) is 0 Å². The van der Waals surface area contributed by atoms with Gasteiger partial charge < -0.3 is 19.7 Å². The van der Waals surface area contributed by atoms with Gasteiger partial charge in [-0.3, -0.25) is 19.7 Å². The molecule has 0 saturated carbocycles. The number of ether oxygens (including phenoxy) is 2. The second-order valence-electron chi connectivity index (χ2n) is 5.88. The zero-order valence-electron chi connectivity index (χ0n) is 14.4. The first-order valence-electron chi connectivity index (χ1n) is 7.79. The fourth-order valence-electron chi connectivity index (χ4n) is 2.80. The Morgan fingerprint density at radius 1 is 1.48 bits per heavy atom. The molecule has 136 valence electrons. The topological polar surface area (TPSA) is 111 Å². The van der Waals surface area contributed by atoms with E-state index in [-0.39, 0.29) is 35.7 Å². The molecule has 1 N–H and O–H groups in total. The number of rotatable bonds is 7. The summed E-state index contributed by atoms with van der Waals surface area (Å²) in [6, 6.07) is 3.83. The first kappa shape index (κ1) is 18.7. The molecule has 0 radical (unpaired) electrons. The molecule has 2 amide bonds. The van der Waals surface area contributed by atoms with Gasteiger partial charge in [0.1, 0.15) is 5.75 Å². The van der Waals surface area contributed by atoms with Crippen LogP contribution in [0, 0.1) is 16.0 Å². The molecule has 1 fully saturated rings. The summed E-state index contributed by atoms with van der Waals surface area (Å²) < 4.78 is 10.1. The molecular formula is C16H21N3O6. The monoisotopic (exact) mass is 351 g/mol. The van der Waals surface area contributed by atoms with Crippen molar-refractivity contribution in [1.29, 1.82) is 0 Å². The van der Waals surface area contributed by atoms with E-state index in [0.29, 0.717) is 18.8 Å². The molecule has 0 bridgehead atoms. The number of nitro groups is 1. The average Bonchev–Trinajstić information content (AvgIpc) is 2.97. The normalized spacial score (nSPS) is 18.1. The van der Waals surface area contributed by atoms with E-state index in [1.165, 1.54) is 25.3 Å². The van der Waals surface area contributed by atoms with Crippen LogP contribution in [-0.2, 0) is 14.3 Å². The summed E-state index contributed by atoms with van der Waals surface area (Å²) >= 11 is 0. The van der Waals surface area contributed by atoms with Crippen molar-refractivity contribution >= 4 is 23.2 Å². The highest BCUT2D eigenvalue weighted by Gasteiger charge is 2.36. The van der Waals surface area contributed by atoms with Crippen LogP contribution < -0.4 is 10.1 Å². The number of carbonyl (C=O) groups is 2. The van der Waals surface area contributed by atoms with Gasteiger partial charge in [0.05, 0.1) is 42.4 Å². The number of hydrogen-bond acceptors (Lipinski definition) is 6. The molecule has 1 aromatic carbocycles. The van der Waals surface area contributed by atoms with Gasteiger partial charge in [0.2, 0.25) is 11.8 Å². The van der Waals surface area contributed by atoms with E-state index in [9.17, 15) is 19.7 Å². The molecule has 1 aliphatic heterocycles. The van der Waals surface area contributed by atoms with Gasteiger partial charge >= 0.3 is 0 Å². The highest BCUT2D eigenvalue weighted by atomic mass is 16.6. The number of hydrogen-bond donors (Lipinski definition) is 1. The molecule has 1 saturated heterocycles. The van der Waals surface area contributed by atoms with Crippen molar-refractivity contribution in [3.8, 4) is 5.75 Å². The number of non-ortho nitro benzene ring substituents is 1. The minimum atomic E-state index is -0.543. The van der Waals surface area contributed by atoms with E-state index in [1.807, 2.05) is 6.92 Å². The molecule has 9 nitrogen and oxygen atoms in total. The number of carbonyl (C=O) groups excluding carboxylic acids is 2. The molecule has 1 aliphatic rings. The third-order valence-corrected chi connectivity index (χ3v) is 4.12. The molecule has 0 aliphatic carbocycles. The lowest BCUT2D eigenvalue weighted by Crippen LogP contribution is -2.38. The maximum Gasteiger partial charge on any atom is 0.273 e. The molecule has 25 heavy (non-hydrogen) atoms. The van der Waals surface area contributed by atoms with Gasteiger partial charge in [-0.05, 0) is 13.0 Å². The number of benzene rings is 1. The first-order valence-corrected chi connectivity index (χ1v) is 7.79. The summed E-state index contributed by atoms with van der Waals surface area (Å²) in [5.41, 5.74) is 0.194. The van der Waals surface area contributed by atoms with Crippen LogP contribution in [0.4, 0.5) is 11.4 Å². The Morgan fingerprint density at radius 3 is 2.80 bits per heavy atom. The predicted octanol–water partition coefficient (Wildman–Crippen LogP) is 1.43. The minimum Gasteiger partial charge on any atom is -0.494 e. The van der Waals surface area contributed by atoms with E-state index in [1.54, 1.807) is 12.0 Å². The Hall–Kier alpha value is -2.68. The maximum absolute atomic E-state index is 12.5. The van der Waals surface area contributed by atoms with Crippen molar-refractivity contribution in [2.24, 2.45) is 5.92 Å². The Labute approximate surface area is 145 Å². The van der Waals surface area contributed by atoms with Crippen LogP contribution in [-0.4, -0.2) is 55.1 Å². The van der Waals surface area contributed by atoms with Crippen LogP contribution in [0.15, 0.2) is 18.2 Å². The van der Waals surface area contributed by atoms with Crippen molar-refractivity contribution in [1.82, 2.24) is 4.90 Å². The molecular weight excluding hydrogens is 330 g/mol. The van der Waals surface area contributed by atoms with Gasteiger partial charge in [0.15, 0.2) is 0 Å². The first-order chi connectivity index (χ1) is 11.9. The summed E-state index contributed by atoms with van der Waals surface area (Å²) in [6.45, 7) is 2.57. The Kier molecular flexibility index (Phi) is 5.92. The van der Waals surface area contributed by atoms with E-state index < -0.39 is 10.8 Å². The van der Waals surface area contributed by atoms with Gasteiger partial charge in [-0.2, -0.15) is 0 Å². The summed E-state index contributed by atoms with van der Waals surface area (Å²) in [5.74, 6) is -0.726. The second kappa shape index (κ2) is 7.93. The lowest BCUT2D eigenvalue weighted by molar-refractivity contribution is -0.384. The number of nitrogens with one attached hydrogen (secondary N) is 1. The van der Waals surface area contributed by atoms with Crippen molar-refractivity contribution in [2.75, 3.05) is 32.7 Å². The fraction of sp³-hybridized carbons (Fsp3) is 0.500. The number of likely N-dealkylation sites (tertiary alicyclic amines) is 1.